The lowest BCUT2D eigenvalue weighted by atomic mass is 9.66. The van der Waals surface area contributed by atoms with Crippen LogP contribution in [0.15, 0.2) is 60.7 Å². The maximum Gasteiger partial charge on any atom is 0.214 e. The van der Waals surface area contributed by atoms with Crippen molar-refractivity contribution in [2.24, 2.45) is 0 Å². The molecular weight excluding hydrogens is 569 g/mol. The molecule has 0 saturated heterocycles. The summed E-state index contributed by atoms with van der Waals surface area (Å²) in [4.78, 5) is 13.4. The number of rotatable bonds is 6. The molecule has 0 N–H and O–H groups in total. The molecule has 0 fully saturated rings. The van der Waals surface area contributed by atoms with Gasteiger partial charge in [-0.3, -0.25) is 0 Å². The van der Waals surface area contributed by atoms with Crippen LogP contribution >= 0.6 is 0 Å². The van der Waals surface area contributed by atoms with Crippen molar-refractivity contribution in [3.63, 3.8) is 0 Å². The molecule has 44 heavy (non-hydrogen) atoms. The van der Waals surface area contributed by atoms with Crippen molar-refractivity contribution in [1.82, 2.24) is 0 Å². The Hall–Kier alpha value is -2.61. The lowest BCUT2D eigenvalue weighted by Crippen LogP contribution is -2.52. The van der Waals surface area contributed by atoms with Crippen molar-refractivity contribution >= 4 is 26.9 Å². The molecule has 4 heteroatoms. The van der Waals surface area contributed by atoms with Gasteiger partial charge in [-0.1, -0.05) is 143 Å². The summed E-state index contributed by atoms with van der Waals surface area (Å²) in [5.74, 6) is 7.71. The Labute approximate surface area is 269 Å². The van der Waals surface area contributed by atoms with Crippen LogP contribution < -0.4 is 0 Å². The average molecular weight is 621 g/mol. The van der Waals surface area contributed by atoms with Crippen LogP contribution in [0.1, 0.15) is 105 Å². The van der Waals surface area contributed by atoms with Gasteiger partial charge < -0.3 is 0 Å². The van der Waals surface area contributed by atoms with Gasteiger partial charge in [0, 0.05) is 22.3 Å². The summed E-state index contributed by atoms with van der Waals surface area (Å²) in [6.07, 6.45) is 0. The maximum absolute atomic E-state index is 6.71. The molecule has 0 radical (unpaired) electrons. The zero-order chi connectivity index (χ0) is 32.2. The van der Waals surface area contributed by atoms with E-state index in [0.717, 1.165) is 22.3 Å². The Kier molecular flexibility index (Phi) is 8.67. The topological polar surface area (TPSA) is 18.5 Å². The summed E-state index contributed by atoms with van der Waals surface area (Å²) in [7, 11) is -4.14. The third kappa shape index (κ3) is 4.60. The molecule has 232 valence electrons. The molecular formula is C40H52O2Si2. The Bertz CT molecular complexity index is 1510. The van der Waals surface area contributed by atoms with Crippen LogP contribution in [0.2, 0.25) is 33.2 Å². The third-order valence-corrected chi connectivity index (χ3v) is 23.8. The van der Waals surface area contributed by atoms with Crippen molar-refractivity contribution in [2.75, 3.05) is 0 Å². The van der Waals surface area contributed by atoms with E-state index in [4.69, 9.17) is 9.78 Å². The first-order chi connectivity index (χ1) is 20.7. The van der Waals surface area contributed by atoms with Crippen LogP contribution in [0.25, 0.3) is 10.8 Å². The van der Waals surface area contributed by atoms with Crippen LogP contribution in [-0.4, -0.2) is 16.1 Å². The van der Waals surface area contributed by atoms with Gasteiger partial charge >= 0.3 is 0 Å². The Morgan fingerprint density at radius 2 is 0.750 bits per heavy atom. The van der Waals surface area contributed by atoms with Gasteiger partial charge in [-0.2, -0.15) is 0 Å². The second-order valence-electron chi connectivity index (χ2n) is 15.1. The minimum absolute atomic E-state index is 0.511. The molecule has 6 rings (SSSR count). The second-order valence-corrected chi connectivity index (χ2v) is 26.3. The van der Waals surface area contributed by atoms with Gasteiger partial charge in [-0.05, 0) is 56.2 Å². The lowest BCUT2D eigenvalue weighted by Gasteiger charge is -2.50. The average Bonchev–Trinajstić information content (AvgIpc) is 2.96. The first-order valence-corrected chi connectivity index (χ1v) is 21.3. The molecule has 1 aliphatic carbocycles. The van der Waals surface area contributed by atoms with E-state index in [1.165, 1.54) is 10.8 Å². The van der Waals surface area contributed by atoms with Gasteiger partial charge in [-0.15, -0.1) is 11.1 Å². The predicted octanol–water partition coefficient (Wildman–Crippen LogP) is 11.0. The molecule has 2 nitrogen and oxygen atoms in total. The molecule has 2 unspecified atom stereocenters. The summed E-state index contributed by atoms with van der Waals surface area (Å²) in [5.41, 5.74) is 13.4. The highest BCUT2D eigenvalue weighted by molar-refractivity contribution is 6.91. The number of hydrogen-bond donors (Lipinski definition) is 0. The maximum atomic E-state index is 6.71. The van der Waals surface area contributed by atoms with Gasteiger partial charge in [0.2, 0.25) is 11.2 Å². The molecule has 0 aromatic heterocycles. The summed E-state index contributed by atoms with van der Waals surface area (Å²) in [6, 6.07) is 21.8. The van der Waals surface area contributed by atoms with Crippen molar-refractivity contribution in [1.29, 1.82) is 0 Å². The fourth-order valence-electron chi connectivity index (χ4n) is 9.08. The van der Waals surface area contributed by atoms with Crippen molar-refractivity contribution in [2.45, 2.75) is 128 Å². The highest BCUT2D eigenvalue weighted by Gasteiger charge is 2.59. The predicted molar refractivity (Wildman–Crippen MR) is 192 cm³/mol. The van der Waals surface area contributed by atoms with Crippen LogP contribution in [0, 0.1) is 22.9 Å². The zero-order valence-electron chi connectivity index (χ0n) is 29.1. The molecule has 0 saturated carbocycles. The number of benzene rings is 3. The Balaban J connectivity index is 1.89. The molecule has 2 heterocycles. The largest absolute Gasteiger partial charge is 0.214 e. The standard InChI is InChI=1S/C40H52O2Si2/c1-27(2)43(28(3)4,29(5)6)23-21-39-35-19-15-16-20-36(35)40(42-41-39,22-24-44(30(7)8,31(9)10)32(11)12)38-26-34-18-14-13-17-33(34)25-37(38)39/h13-20,25-32H,1-12H3. The van der Waals surface area contributed by atoms with Crippen molar-refractivity contribution < 1.29 is 9.78 Å². The van der Waals surface area contributed by atoms with Gasteiger partial charge in [0.25, 0.3) is 0 Å². The summed E-state index contributed by atoms with van der Waals surface area (Å²) in [6.45, 7) is 28.4. The summed E-state index contributed by atoms with van der Waals surface area (Å²) >= 11 is 0. The van der Waals surface area contributed by atoms with E-state index in [9.17, 15) is 0 Å². The molecule has 3 aliphatic rings. The van der Waals surface area contributed by atoms with Crippen LogP contribution in [-0.2, 0) is 21.0 Å². The van der Waals surface area contributed by atoms with Crippen LogP contribution in [0.5, 0.6) is 0 Å². The van der Waals surface area contributed by atoms with Crippen molar-refractivity contribution in [3.05, 3.63) is 82.9 Å². The number of hydrogen-bond acceptors (Lipinski definition) is 2. The van der Waals surface area contributed by atoms with E-state index in [0.29, 0.717) is 33.2 Å². The fraction of sp³-hybridized carbons (Fsp3) is 0.500. The smallest absolute Gasteiger partial charge is 0.205 e. The summed E-state index contributed by atoms with van der Waals surface area (Å²) < 4.78 is 0. The first kappa shape index (κ1) is 32.8. The second kappa shape index (κ2) is 11.6. The monoisotopic (exact) mass is 620 g/mol. The molecule has 0 spiro atoms. The molecule has 3 aromatic rings. The zero-order valence-corrected chi connectivity index (χ0v) is 31.1. The lowest BCUT2D eigenvalue weighted by molar-refractivity contribution is -0.401. The summed E-state index contributed by atoms with van der Waals surface area (Å²) in [5, 5.41) is 2.36. The minimum Gasteiger partial charge on any atom is -0.205 e. The van der Waals surface area contributed by atoms with E-state index < -0.39 is 27.3 Å². The van der Waals surface area contributed by atoms with E-state index in [2.05, 4.69) is 167 Å². The van der Waals surface area contributed by atoms with Gasteiger partial charge in [0.1, 0.15) is 16.1 Å². The first-order valence-electron chi connectivity index (χ1n) is 16.8. The van der Waals surface area contributed by atoms with Crippen molar-refractivity contribution in [3.8, 4) is 22.9 Å². The SMILES string of the molecule is CC(C)[Si](C#CC12OOC(C#C[Si](C(C)C)(C(C)C)C(C)C)(c3ccccc31)c1cc3ccccc3cc12)(C(C)C)C(C)C. The van der Waals surface area contributed by atoms with E-state index >= 15 is 0 Å². The fourth-order valence-corrected chi connectivity index (χ4v) is 19.6. The van der Waals surface area contributed by atoms with Gasteiger partial charge in [0.05, 0.1) is 0 Å². The highest BCUT2D eigenvalue weighted by atomic mass is 28.3. The van der Waals surface area contributed by atoms with E-state index in [-0.39, 0.29) is 0 Å². The number of fused-ring (bicyclic) bond motifs is 2. The van der Waals surface area contributed by atoms with Crippen LogP contribution in [0.3, 0.4) is 0 Å². The Morgan fingerprint density at radius 3 is 1.05 bits per heavy atom. The molecule has 2 atom stereocenters. The molecule has 0 amide bonds. The molecule has 3 aromatic carbocycles. The minimum atomic E-state index is -2.07. The van der Waals surface area contributed by atoms with Gasteiger partial charge in [-0.25, -0.2) is 9.78 Å². The normalized spacial score (nSPS) is 21.1. The quantitative estimate of drug-likeness (QED) is 0.155. The van der Waals surface area contributed by atoms with Crippen LogP contribution in [0.4, 0.5) is 0 Å². The highest BCUT2D eigenvalue weighted by Crippen LogP contribution is 2.57. The molecule has 2 bridgehead atoms. The molecule has 2 aliphatic heterocycles. The third-order valence-electron chi connectivity index (χ3n) is 11.3. The van der Waals surface area contributed by atoms with E-state index in [1.54, 1.807) is 0 Å². The van der Waals surface area contributed by atoms with E-state index in [1.807, 2.05) is 0 Å². The van der Waals surface area contributed by atoms with Gasteiger partial charge in [0.15, 0.2) is 0 Å². The Morgan fingerprint density at radius 1 is 0.455 bits per heavy atom.